The van der Waals surface area contributed by atoms with Gasteiger partial charge in [0.2, 0.25) is 0 Å². The lowest BCUT2D eigenvalue weighted by Crippen LogP contribution is -2.29. The maximum atomic E-state index is 5.58. The maximum Gasteiger partial charge on any atom is 0.0930 e. The fraction of sp³-hybridized carbons (Fsp3) is 1.00. The summed E-state index contributed by atoms with van der Waals surface area (Å²) in [4.78, 5) is 0. The second-order valence-electron chi connectivity index (χ2n) is 4.86. The fourth-order valence-corrected chi connectivity index (χ4v) is 1.97. The second kappa shape index (κ2) is 14.9. The van der Waals surface area contributed by atoms with Crippen molar-refractivity contribution >= 4 is 0 Å². The van der Waals surface area contributed by atoms with Crippen LogP contribution >= 0.6 is 0 Å². The van der Waals surface area contributed by atoms with Gasteiger partial charge in [0, 0.05) is 19.8 Å². The Morgan fingerprint density at radius 1 is 0.889 bits per heavy atom. The average molecular weight is 259 g/mol. The Labute approximate surface area is 113 Å². The minimum absolute atomic E-state index is 0.0732. The predicted molar refractivity (Wildman–Crippen MR) is 77.9 cm³/mol. The Hall–Kier alpha value is -0.120. The van der Waals surface area contributed by atoms with Crippen LogP contribution in [0.25, 0.3) is 0 Å². The Kier molecular flexibility index (Phi) is 14.8. The summed E-state index contributed by atoms with van der Waals surface area (Å²) in [6.07, 6.45) is 10.8. The Morgan fingerprint density at radius 2 is 1.50 bits per heavy atom. The third-order valence-electron chi connectivity index (χ3n) is 3.11. The van der Waals surface area contributed by atoms with Gasteiger partial charge < -0.3 is 15.2 Å². The minimum atomic E-state index is 0.0732. The van der Waals surface area contributed by atoms with Crippen LogP contribution < -0.4 is 5.73 Å². The van der Waals surface area contributed by atoms with Gasteiger partial charge in [-0.05, 0) is 13.3 Å². The fourth-order valence-electron chi connectivity index (χ4n) is 1.97. The molecule has 0 aromatic heterocycles. The first-order valence-corrected chi connectivity index (χ1v) is 7.74. The molecule has 0 bridgehead atoms. The second-order valence-corrected chi connectivity index (χ2v) is 4.86. The third-order valence-corrected chi connectivity index (χ3v) is 3.11. The summed E-state index contributed by atoms with van der Waals surface area (Å²) >= 11 is 0. The quantitative estimate of drug-likeness (QED) is 0.486. The molecule has 1 atom stereocenters. The van der Waals surface area contributed by atoms with Gasteiger partial charge in [0.1, 0.15) is 0 Å². The van der Waals surface area contributed by atoms with Gasteiger partial charge in [-0.1, -0.05) is 51.9 Å². The van der Waals surface area contributed by atoms with E-state index in [4.69, 9.17) is 15.2 Å². The number of unbranched alkanes of at least 4 members (excludes halogenated alkanes) is 7. The van der Waals surface area contributed by atoms with Crippen LogP contribution in [0.2, 0.25) is 0 Å². The zero-order chi connectivity index (χ0) is 13.5. The van der Waals surface area contributed by atoms with Crippen molar-refractivity contribution in [1.29, 1.82) is 0 Å². The SMILES string of the molecule is CCCCCCCCCCOCC(CN)OCC. The summed E-state index contributed by atoms with van der Waals surface area (Å²) in [6, 6.07) is 0. The molecule has 18 heavy (non-hydrogen) atoms. The molecule has 0 amide bonds. The molecular weight excluding hydrogens is 226 g/mol. The Morgan fingerprint density at radius 3 is 2.06 bits per heavy atom. The van der Waals surface area contributed by atoms with Gasteiger partial charge in [0.05, 0.1) is 12.7 Å². The van der Waals surface area contributed by atoms with Crippen molar-refractivity contribution < 1.29 is 9.47 Å². The molecule has 0 aliphatic carbocycles. The summed E-state index contributed by atoms with van der Waals surface area (Å²) < 4.78 is 11.0. The van der Waals surface area contributed by atoms with Crippen molar-refractivity contribution in [3.63, 3.8) is 0 Å². The number of ether oxygens (including phenoxy) is 2. The molecule has 0 aromatic rings. The van der Waals surface area contributed by atoms with Gasteiger partial charge in [-0.15, -0.1) is 0 Å². The van der Waals surface area contributed by atoms with E-state index in [-0.39, 0.29) is 6.10 Å². The molecule has 110 valence electrons. The highest BCUT2D eigenvalue weighted by molar-refractivity contribution is 4.56. The van der Waals surface area contributed by atoms with E-state index in [1.54, 1.807) is 0 Å². The number of hydrogen-bond donors (Lipinski definition) is 1. The molecule has 0 saturated carbocycles. The van der Waals surface area contributed by atoms with Crippen LogP contribution in [0.1, 0.15) is 65.2 Å². The van der Waals surface area contributed by atoms with Crippen LogP contribution in [-0.2, 0) is 9.47 Å². The molecule has 1 unspecified atom stereocenters. The monoisotopic (exact) mass is 259 g/mol. The molecule has 0 aliphatic heterocycles. The average Bonchev–Trinajstić information content (AvgIpc) is 2.39. The first-order valence-electron chi connectivity index (χ1n) is 7.74. The molecule has 3 heteroatoms. The van der Waals surface area contributed by atoms with Crippen molar-refractivity contribution in [2.45, 2.75) is 71.3 Å². The molecule has 0 aromatic carbocycles. The van der Waals surface area contributed by atoms with Crippen molar-refractivity contribution in [1.82, 2.24) is 0 Å². The normalized spacial score (nSPS) is 12.8. The summed E-state index contributed by atoms with van der Waals surface area (Å²) in [5.41, 5.74) is 5.57. The standard InChI is InChI=1S/C15H33NO2/c1-3-5-6-7-8-9-10-11-12-17-14-15(13-16)18-4-2/h15H,3-14,16H2,1-2H3. The van der Waals surface area contributed by atoms with Crippen LogP contribution in [0.3, 0.4) is 0 Å². The topological polar surface area (TPSA) is 44.5 Å². The number of rotatable bonds is 14. The largest absolute Gasteiger partial charge is 0.379 e. The first kappa shape index (κ1) is 17.9. The van der Waals surface area contributed by atoms with E-state index in [0.29, 0.717) is 19.8 Å². The van der Waals surface area contributed by atoms with Crippen LogP contribution in [0.15, 0.2) is 0 Å². The maximum absolute atomic E-state index is 5.58. The predicted octanol–water partition coefficient (Wildman–Crippen LogP) is 3.51. The highest BCUT2D eigenvalue weighted by Crippen LogP contribution is 2.08. The van der Waals surface area contributed by atoms with Gasteiger partial charge in [0.15, 0.2) is 0 Å². The minimum Gasteiger partial charge on any atom is -0.379 e. The first-order chi connectivity index (χ1) is 8.85. The molecule has 2 N–H and O–H groups in total. The summed E-state index contributed by atoms with van der Waals surface area (Å²) in [5.74, 6) is 0. The molecule has 0 fully saturated rings. The highest BCUT2D eigenvalue weighted by Gasteiger charge is 2.04. The van der Waals surface area contributed by atoms with Gasteiger partial charge in [-0.3, -0.25) is 0 Å². The zero-order valence-electron chi connectivity index (χ0n) is 12.5. The van der Waals surface area contributed by atoms with E-state index in [1.807, 2.05) is 6.92 Å². The molecule has 0 radical (unpaired) electrons. The van der Waals surface area contributed by atoms with Crippen LogP contribution in [0.5, 0.6) is 0 Å². The Bertz CT molecular complexity index is 153. The van der Waals surface area contributed by atoms with E-state index in [2.05, 4.69) is 6.92 Å². The number of hydrogen-bond acceptors (Lipinski definition) is 3. The molecular formula is C15H33NO2. The van der Waals surface area contributed by atoms with E-state index in [1.165, 1.54) is 44.9 Å². The van der Waals surface area contributed by atoms with Crippen LogP contribution in [0, 0.1) is 0 Å². The Balaban J connectivity index is 3.10. The van der Waals surface area contributed by atoms with Gasteiger partial charge >= 0.3 is 0 Å². The molecule has 0 aliphatic rings. The van der Waals surface area contributed by atoms with E-state index in [9.17, 15) is 0 Å². The molecule has 0 spiro atoms. The van der Waals surface area contributed by atoms with Crippen LogP contribution in [-0.4, -0.2) is 32.5 Å². The molecule has 0 saturated heterocycles. The van der Waals surface area contributed by atoms with Crippen molar-refractivity contribution in [2.24, 2.45) is 5.73 Å². The van der Waals surface area contributed by atoms with E-state index in [0.717, 1.165) is 13.0 Å². The molecule has 3 nitrogen and oxygen atoms in total. The molecule has 0 rings (SSSR count). The zero-order valence-corrected chi connectivity index (χ0v) is 12.5. The van der Waals surface area contributed by atoms with Crippen LogP contribution in [0.4, 0.5) is 0 Å². The van der Waals surface area contributed by atoms with Crippen molar-refractivity contribution in [2.75, 3.05) is 26.4 Å². The van der Waals surface area contributed by atoms with E-state index < -0.39 is 0 Å². The van der Waals surface area contributed by atoms with Crippen molar-refractivity contribution in [3.8, 4) is 0 Å². The third kappa shape index (κ3) is 12.3. The van der Waals surface area contributed by atoms with E-state index >= 15 is 0 Å². The number of nitrogens with two attached hydrogens (primary N) is 1. The molecule has 0 heterocycles. The highest BCUT2D eigenvalue weighted by atomic mass is 16.5. The van der Waals surface area contributed by atoms with Crippen molar-refractivity contribution in [3.05, 3.63) is 0 Å². The smallest absolute Gasteiger partial charge is 0.0930 e. The summed E-state index contributed by atoms with van der Waals surface area (Å²) in [5, 5.41) is 0. The lowest BCUT2D eigenvalue weighted by atomic mass is 10.1. The summed E-state index contributed by atoms with van der Waals surface area (Å²) in [7, 11) is 0. The summed E-state index contributed by atoms with van der Waals surface area (Å²) in [6.45, 7) is 6.99. The lowest BCUT2D eigenvalue weighted by Gasteiger charge is -2.14. The van der Waals surface area contributed by atoms with Gasteiger partial charge in [0.25, 0.3) is 0 Å². The van der Waals surface area contributed by atoms with Gasteiger partial charge in [-0.2, -0.15) is 0 Å². The lowest BCUT2D eigenvalue weighted by molar-refractivity contribution is -0.00732. The van der Waals surface area contributed by atoms with Gasteiger partial charge in [-0.25, -0.2) is 0 Å².